The molecular formula is C25H34O3. The number of ether oxygens (including phenoxy) is 3. The van der Waals surface area contributed by atoms with Gasteiger partial charge in [-0.15, -0.1) is 0 Å². The molecule has 0 bridgehead atoms. The Morgan fingerprint density at radius 2 is 1.54 bits per heavy atom. The summed E-state index contributed by atoms with van der Waals surface area (Å²) in [5.41, 5.74) is 1.19. The standard InChI is InChI=1S/C25H34O3/c1-6-21(7-2)25(27-18-20-12-10-9-11-13-20)19(4)24(8-3)28-23-16-14-22(26-5)15-17-23/h8-17,19,21,24-25H,3,6-7,18H2,1-2,4-5H3/t19-,24-,25+/m0/s1. The van der Waals surface area contributed by atoms with Crippen molar-refractivity contribution in [2.45, 2.75) is 52.4 Å². The molecule has 0 spiro atoms. The Bertz CT molecular complexity index is 677. The second-order valence-electron chi connectivity index (χ2n) is 7.19. The Morgan fingerprint density at radius 1 is 0.929 bits per heavy atom. The van der Waals surface area contributed by atoms with E-state index >= 15 is 0 Å². The minimum absolute atomic E-state index is 0.0939. The van der Waals surface area contributed by atoms with E-state index in [2.05, 4.69) is 39.5 Å². The van der Waals surface area contributed by atoms with E-state index in [0.717, 1.165) is 24.3 Å². The molecule has 0 saturated heterocycles. The Morgan fingerprint density at radius 3 is 2.07 bits per heavy atom. The van der Waals surface area contributed by atoms with Crippen molar-refractivity contribution in [3.05, 3.63) is 72.8 Å². The van der Waals surface area contributed by atoms with Crippen LogP contribution in [0.5, 0.6) is 11.5 Å². The largest absolute Gasteiger partial charge is 0.497 e. The first-order chi connectivity index (χ1) is 13.6. The van der Waals surface area contributed by atoms with Gasteiger partial charge in [-0.2, -0.15) is 0 Å². The summed E-state index contributed by atoms with van der Waals surface area (Å²) in [6, 6.07) is 18.0. The summed E-state index contributed by atoms with van der Waals surface area (Å²) in [5, 5.41) is 0. The number of methoxy groups -OCH3 is 1. The maximum Gasteiger partial charge on any atom is 0.122 e. The topological polar surface area (TPSA) is 27.7 Å². The lowest BCUT2D eigenvalue weighted by Crippen LogP contribution is -2.38. The van der Waals surface area contributed by atoms with Gasteiger partial charge in [0.25, 0.3) is 0 Å². The first-order valence-electron chi connectivity index (χ1n) is 10.2. The fourth-order valence-corrected chi connectivity index (χ4v) is 3.61. The highest BCUT2D eigenvalue weighted by Gasteiger charge is 2.31. The zero-order chi connectivity index (χ0) is 20.4. The van der Waals surface area contributed by atoms with Crippen molar-refractivity contribution >= 4 is 0 Å². The van der Waals surface area contributed by atoms with Gasteiger partial charge in [-0.25, -0.2) is 0 Å². The SMILES string of the molecule is C=C[C@H](Oc1ccc(OC)cc1)[C@H](C)[C@@H](OCc1ccccc1)C(CC)CC. The molecule has 0 saturated carbocycles. The fraction of sp³-hybridized carbons (Fsp3) is 0.440. The van der Waals surface area contributed by atoms with E-state index in [9.17, 15) is 0 Å². The Hall–Kier alpha value is -2.26. The van der Waals surface area contributed by atoms with Crippen LogP contribution in [0.25, 0.3) is 0 Å². The molecule has 3 nitrogen and oxygen atoms in total. The molecule has 0 aliphatic rings. The number of hydrogen-bond donors (Lipinski definition) is 0. The van der Waals surface area contributed by atoms with E-state index < -0.39 is 0 Å². The quantitative estimate of drug-likeness (QED) is 0.404. The fourth-order valence-electron chi connectivity index (χ4n) is 3.61. The van der Waals surface area contributed by atoms with Crippen molar-refractivity contribution in [3.63, 3.8) is 0 Å². The van der Waals surface area contributed by atoms with Gasteiger partial charge in [-0.05, 0) is 35.7 Å². The molecule has 0 aliphatic carbocycles. The van der Waals surface area contributed by atoms with Crippen LogP contribution in [0.4, 0.5) is 0 Å². The van der Waals surface area contributed by atoms with Crippen LogP contribution < -0.4 is 9.47 Å². The summed E-state index contributed by atoms with van der Waals surface area (Å²) in [5.74, 6) is 2.27. The molecule has 0 fully saturated rings. The summed E-state index contributed by atoms with van der Waals surface area (Å²) >= 11 is 0. The highest BCUT2D eigenvalue weighted by Crippen LogP contribution is 2.29. The lowest BCUT2D eigenvalue weighted by atomic mass is 9.85. The highest BCUT2D eigenvalue weighted by molar-refractivity contribution is 5.31. The van der Waals surface area contributed by atoms with Crippen LogP contribution in [0.2, 0.25) is 0 Å². The van der Waals surface area contributed by atoms with Gasteiger partial charge >= 0.3 is 0 Å². The van der Waals surface area contributed by atoms with Gasteiger partial charge in [0, 0.05) is 5.92 Å². The molecule has 3 heteroatoms. The van der Waals surface area contributed by atoms with Crippen molar-refractivity contribution in [1.29, 1.82) is 0 Å². The predicted octanol–water partition coefficient (Wildman–Crippen LogP) is 6.29. The van der Waals surface area contributed by atoms with E-state index in [-0.39, 0.29) is 18.1 Å². The van der Waals surface area contributed by atoms with E-state index in [4.69, 9.17) is 14.2 Å². The molecular weight excluding hydrogens is 348 g/mol. The monoisotopic (exact) mass is 382 g/mol. The van der Waals surface area contributed by atoms with Gasteiger partial charge in [0.2, 0.25) is 0 Å². The molecule has 0 aromatic heterocycles. The van der Waals surface area contributed by atoms with Crippen molar-refractivity contribution in [2.24, 2.45) is 11.8 Å². The molecule has 0 radical (unpaired) electrons. The molecule has 3 atom stereocenters. The third-order valence-corrected chi connectivity index (χ3v) is 5.40. The number of rotatable bonds is 12. The number of benzene rings is 2. The highest BCUT2D eigenvalue weighted by atomic mass is 16.5. The van der Waals surface area contributed by atoms with Crippen molar-refractivity contribution in [2.75, 3.05) is 7.11 Å². The second kappa shape index (κ2) is 11.6. The van der Waals surface area contributed by atoms with Gasteiger partial charge in [0.15, 0.2) is 0 Å². The Kier molecular flexibility index (Phi) is 9.09. The van der Waals surface area contributed by atoms with Gasteiger partial charge < -0.3 is 14.2 Å². The molecule has 2 aromatic carbocycles. The third kappa shape index (κ3) is 6.13. The minimum atomic E-state index is -0.130. The lowest BCUT2D eigenvalue weighted by Gasteiger charge is -2.34. The first kappa shape index (κ1) is 22.0. The Balaban J connectivity index is 2.12. The molecule has 2 aromatic rings. The molecule has 0 heterocycles. The van der Waals surface area contributed by atoms with Gasteiger partial charge in [-0.1, -0.05) is 76.6 Å². The van der Waals surface area contributed by atoms with Crippen molar-refractivity contribution in [1.82, 2.24) is 0 Å². The minimum Gasteiger partial charge on any atom is -0.497 e. The summed E-state index contributed by atoms with van der Waals surface area (Å²) < 4.78 is 17.9. The maximum absolute atomic E-state index is 6.44. The van der Waals surface area contributed by atoms with E-state index in [0.29, 0.717) is 12.5 Å². The van der Waals surface area contributed by atoms with Crippen LogP contribution in [0, 0.1) is 11.8 Å². The van der Waals surface area contributed by atoms with E-state index in [1.807, 2.05) is 48.5 Å². The summed E-state index contributed by atoms with van der Waals surface area (Å²) in [4.78, 5) is 0. The molecule has 0 unspecified atom stereocenters. The van der Waals surface area contributed by atoms with Crippen molar-refractivity contribution < 1.29 is 14.2 Å². The van der Waals surface area contributed by atoms with Crippen LogP contribution in [0.3, 0.4) is 0 Å². The second-order valence-corrected chi connectivity index (χ2v) is 7.19. The summed E-state index contributed by atoms with van der Waals surface area (Å²) in [6.07, 6.45) is 4.00. The molecule has 28 heavy (non-hydrogen) atoms. The Labute approximate surface area is 170 Å². The van der Waals surface area contributed by atoms with Crippen LogP contribution >= 0.6 is 0 Å². The normalized spacial score (nSPS) is 14.3. The van der Waals surface area contributed by atoms with Crippen LogP contribution in [-0.2, 0) is 11.3 Å². The van der Waals surface area contributed by atoms with Gasteiger partial charge in [0.1, 0.15) is 17.6 Å². The average Bonchev–Trinajstić information content (AvgIpc) is 2.75. The van der Waals surface area contributed by atoms with Crippen LogP contribution in [0.15, 0.2) is 67.3 Å². The maximum atomic E-state index is 6.44. The predicted molar refractivity (Wildman–Crippen MR) is 116 cm³/mol. The van der Waals surface area contributed by atoms with Gasteiger partial charge in [-0.3, -0.25) is 0 Å². The van der Waals surface area contributed by atoms with E-state index in [1.165, 1.54) is 5.56 Å². The summed E-state index contributed by atoms with van der Waals surface area (Å²) in [6.45, 7) is 11.3. The van der Waals surface area contributed by atoms with E-state index in [1.54, 1.807) is 7.11 Å². The average molecular weight is 383 g/mol. The molecule has 0 amide bonds. The zero-order valence-electron chi connectivity index (χ0n) is 17.6. The lowest BCUT2D eigenvalue weighted by molar-refractivity contribution is -0.0565. The smallest absolute Gasteiger partial charge is 0.122 e. The number of hydrogen-bond acceptors (Lipinski definition) is 3. The molecule has 0 aliphatic heterocycles. The van der Waals surface area contributed by atoms with Crippen molar-refractivity contribution in [3.8, 4) is 11.5 Å². The molecule has 0 N–H and O–H groups in total. The first-order valence-corrected chi connectivity index (χ1v) is 10.2. The molecule has 2 rings (SSSR count). The van der Waals surface area contributed by atoms with Crippen LogP contribution in [-0.4, -0.2) is 19.3 Å². The zero-order valence-corrected chi connectivity index (χ0v) is 17.6. The van der Waals surface area contributed by atoms with Gasteiger partial charge in [0.05, 0.1) is 19.8 Å². The van der Waals surface area contributed by atoms with Crippen LogP contribution in [0.1, 0.15) is 39.2 Å². The summed E-state index contributed by atoms with van der Waals surface area (Å²) in [7, 11) is 1.66. The molecule has 152 valence electrons. The third-order valence-electron chi connectivity index (χ3n) is 5.40.